The highest BCUT2D eigenvalue weighted by molar-refractivity contribution is 6.01. The van der Waals surface area contributed by atoms with Crippen LogP contribution >= 0.6 is 0 Å². The van der Waals surface area contributed by atoms with E-state index in [0.29, 0.717) is 17.0 Å². The van der Waals surface area contributed by atoms with Crippen LogP contribution in [-0.4, -0.2) is 18.5 Å². The van der Waals surface area contributed by atoms with Gasteiger partial charge >= 0.3 is 6.03 Å². The first-order valence-corrected chi connectivity index (χ1v) is 6.46. The molecule has 0 aliphatic carbocycles. The van der Waals surface area contributed by atoms with Crippen LogP contribution in [0.1, 0.15) is 5.56 Å². The highest BCUT2D eigenvalue weighted by atomic mass is 16.5. The van der Waals surface area contributed by atoms with Gasteiger partial charge in [-0.05, 0) is 30.3 Å². The normalized spacial score (nSPS) is 9.41. The fraction of sp³-hybridized carbons (Fsp3) is 0.0625. The van der Waals surface area contributed by atoms with Crippen LogP contribution < -0.4 is 15.4 Å². The molecule has 0 bridgehead atoms. The number of carbonyl (C=O) groups is 2. The van der Waals surface area contributed by atoms with E-state index < -0.39 is 11.9 Å². The topological polar surface area (TPSA) is 91.2 Å². The van der Waals surface area contributed by atoms with Gasteiger partial charge in [-0.25, -0.2) is 4.79 Å². The summed E-state index contributed by atoms with van der Waals surface area (Å²) in [6, 6.07) is 16.5. The second-order valence-electron chi connectivity index (χ2n) is 4.30. The third kappa shape index (κ3) is 4.65. The molecule has 0 aromatic heterocycles. The first kappa shape index (κ1) is 15.1. The van der Waals surface area contributed by atoms with Gasteiger partial charge in [-0.3, -0.25) is 10.1 Å². The Bertz CT molecular complexity index is 708. The Morgan fingerprint density at radius 1 is 1.09 bits per heavy atom. The lowest BCUT2D eigenvalue weighted by atomic mass is 10.2. The summed E-state index contributed by atoms with van der Waals surface area (Å²) in [4.78, 5) is 23.2. The van der Waals surface area contributed by atoms with Crippen LogP contribution in [0.5, 0.6) is 5.75 Å². The van der Waals surface area contributed by atoms with Crippen molar-refractivity contribution in [3.05, 3.63) is 60.2 Å². The second kappa shape index (κ2) is 7.45. The van der Waals surface area contributed by atoms with Gasteiger partial charge in [-0.1, -0.05) is 24.3 Å². The summed E-state index contributed by atoms with van der Waals surface area (Å²) in [5.74, 6) is -0.201. The maximum Gasteiger partial charge on any atom is 0.325 e. The first-order valence-electron chi connectivity index (χ1n) is 6.46. The molecule has 2 aromatic rings. The molecule has 2 rings (SSSR count). The molecule has 22 heavy (non-hydrogen) atoms. The van der Waals surface area contributed by atoms with E-state index in [1.807, 2.05) is 12.1 Å². The van der Waals surface area contributed by atoms with E-state index in [4.69, 9.17) is 10.00 Å². The highest BCUT2D eigenvalue weighted by Gasteiger charge is 2.08. The average Bonchev–Trinajstić information content (AvgIpc) is 2.54. The predicted octanol–water partition coefficient (Wildman–Crippen LogP) is 2.29. The number of carbonyl (C=O) groups excluding carboxylic acids is 2. The van der Waals surface area contributed by atoms with Crippen LogP contribution in [0.2, 0.25) is 0 Å². The Labute approximate surface area is 127 Å². The number of hydrogen-bond donors (Lipinski definition) is 2. The Kier molecular flexibility index (Phi) is 5.10. The zero-order valence-corrected chi connectivity index (χ0v) is 11.6. The molecule has 0 aliphatic heterocycles. The number of nitrogens with zero attached hydrogens (tertiary/aromatic N) is 1. The summed E-state index contributed by atoms with van der Waals surface area (Å²) in [7, 11) is 0. The van der Waals surface area contributed by atoms with Gasteiger partial charge in [0.05, 0.1) is 11.6 Å². The van der Waals surface area contributed by atoms with E-state index in [1.165, 1.54) is 6.07 Å². The van der Waals surface area contributed by atoms with E-state index in [1.54, 1.807) is 42.5 Å². The van der Waals surface area contributed by atoms with Crippen molar-refractivity contribution in [1.29, 1.82) is 5.26 Å². The number of nitriles is 1. The van der Waals surface area contributed by atoms with Crippen molar-refractivity contribution in [2.75, 3.05) is 11.9 Å². The molecule has 0 spiro atoms. The minimum atomic E-state index is -0.634. The van der Waals surface area contributed by atoms with Crippen LogP contribution in [0, 0.1) is 11.3 Å². The Balaban J connectivity index is 1.80. The highest BCUT2D eigenvalue weighted by Crippen LogP contribution is 2.12. The van der Waals surface area contributed by atoms with Crippen molar-refractivity contribution < 1.29 is 14.3 Å². The van der Waals surface area contributed by atoms with Gasteiger partial charge in [0.2, 0.25) is 0 Å². The van der Waals surface area contributed by atoms with E-state index in [9.17, 15) is 9.59 Å². The number of benzene rings is 2. The zero-order chi connectivity index (χ0) is 15.8. The first-order chi connectivity index (χ1) is 10.7. The van der Waals surface area contributed by atoms with Crippen LogP contribution in [-0.2, 0) is 4.79 Å². The summed E-state index contributed by atoms with van der Waals surface area (Å²) in [5.41, 5.74) is 1.01. The molecule has 0 unspecified atom stereocenters. The predicted molar refractivity (Wildman–Crippen MR) is 80.3 cm³/mol. The van der Waals surface area contributed by atoms with E-state index in [0.717, 1.165) is 0 Å². The maximum absolute atomic E-state index is 11.6. The lowest BCUT2D eigenvalue weighted by Gasteiger charge is -2.08. The number of ether oxygens (including phenoxy) is 1. The van der Waals surface area contributed by atoms with Gasteiger partial charge in [0.15, 0.2) is 6.61 Å². The third-order valence-electron chi connectivity index (χ3n) is 2.62. The van der Waals surface area contributed by atoms with Crippen molar-refractivity contribution in [2.24, 2.45) is 0 Å². The van der Waals surface area contributed by atoms with Gasteiger partial charge in [0, 0.05) is 5.69 Å². The molecule has 0 fully saturated rings. The number of rotatable bonds is 4. The lowest BCUT2D eigenvalue weighted by molar-refractivity contribution is -0.121. The van der Waals surface area contributed by atoms with Gasteiger partial charge in [-0.2, -0.15) is 5.26 Å². The van der Waals surface area contributed by atoms with Crippen molar-refractivity contribution in [3.63, 3.8) is 0 Å². The minimum absolute atomic E-state index is 0.322. The molecule has 2 N–H and O–H groups in total. The monoisotopic (exact) mass is 295 g/mol. The summed E-state index contributed by atoms with van der Waals surface area (Å²) >= 11 is 0. The molecule has 6 nitrogen and oxygen atoms in total. The number of urea groups is 1. The molecular formula is C16H13N3O3. The quantitative estimate of drug-likeness (QED) is 0.905. The fourth-order valence-corrected chi connectivity index (χ4v) is 1.65. The van der Waals surface area contributed by atoms with Crippen LogP contribution in [0.3, 0.4) is 0 Å². The van der Waals surface area contributed by atoms with Crippen LogP contribution in [0.4, 0.5) is 10.5 Å². The number of nitrogens with one attached hydrogen (secondary N) is 2. The van der Waals surface area contributed by atoms with Gasteiger partial charge in [0.1, 0.15) is 5.75 Å². The van der Waals surface area contributed by atoms with Gasteiger partial charge in [0.25, 0.3) is 5.91 Å². The molecule has 0 saturated carbocycles. The minimum Gasteiger partial charge on any atom is -0.484 e. The van der Waals surface area contributed by atoms with Crippen molar-refractivity contribution in [3.8, 4) is 11.8 Å². The Hall–Kier alpha value is -3.33. The largest absolute Gasteiger partial charge is 0.484 e. The summed E-state index contributed by atoms with van der Waals surface area (Å²) < 4.78 is 5.22. The van der Waals surface area contributed by atoms with Gasteiger partial charge in [-0.15, -0.1) is 0 Å². The number of hydrogen-bond acceptors (Lipinski definition) is 4. The van der Waals surface area contributed by atoms with E-state index in [-0.39, 0.29) is 6.61 Å². The van der Waals surface area contributed by atoms with E-state index in [2.05, 4.69) is 10.6 Å². The molecule has 0 aliphatic rings. The van der Waals surface area contributed by atoms with E-state index >= 15 is 0 Å². The molecule has 0 radical (unpaired) electrons. The molecule has 3 amide bonds. The number of para-hydroxylation sites is 1. The number of amides is 3. The molecule has 0 saturated heterocycles. The molecule has 0 atom stereocenters. The Morgan fingerprint density at radius 2 is 1.86 bits per heavy atom. The lowest BCUT2D eigenvalue weighted by Crippen LogP contribution is -2.37. The van der Waals surface area contributed by atoms with Crippen molar-refractivity contribution in [1.82, 2.24) is 5.32 Å². The maximum atomic E-state index is 11.6. The van der Waals surface area contributed by atoms with Crippen LogP contribution in [0.25, 0.3) is 0 Å². The summed E-state index contributed by atoms with van der Waals surface area (Å²) in [6.07, 6.45) is 0. The fourth-order valence-electron chi connectivity index (χ4n) is 1.65. The van der Waals surface area contributed by atoms with Crippen molar-refractivity contribution in [2.45, 2.75) is 0 Å². The molecule has 2 aromatic carbocycles. The Morgan fingerprint density at radius 3 is 2.59 bits per heavy atom. The second-order valence-corrected chi connectivity index (χ2v) is 4.30. The van der Waals surface area contributed by atoms with Gasteiger partial charge < -0.3 is 10.1 Å². The average molecular weight is 295 g/mol. The zero-order valence-electron chi connectivity index (χ0n) is 11.6. The number of anilines is 1. The summed E-state index contributed by atoms with van der Waals surface area (Å²) in [5, 5.41) is 13.4. The molecule has 6 heteroatoms. The van der Waals surface area contributed by atoms with Crippen molar-refractivity contribution >= 4 is 17.6 Å². The molecule has 110 valence electrons. The van der Waals surface area contributed by atoms with Crippen LogP contribution in [0.15, 0.2) is 54.6 Å². The molecule has 0 heterocycles. The number of imide groups is 1. The standard InChI is InChI=1S/C16H13N3O3/c17-10-12-5-4-8-14(9-12)22-11-15(20)19-16(21)18-13-6-2-1-3-7-13/h1-9H,11H2,(H2,18,19,20,21). The third-order valence-corrected chi connectivity index (χ3v) is 2.62. The summed E-state index contributed by atoms with van der Waals surface area (Å²) in [6.45, 7) is -0.322. The molecular weight excluding hydrogens is 282 g/mol. The smallest absolute Gasteiger partial charge is 0.325 e. The SMILES string of the molecule is N#Cc1cccc(OCC(=O)NC(=O)Nc2ccccc2)c1.